The number of aromatic amines is 1. The molecule has 0 unspecified atom stereocenters. The molecule has 0 bridgehead atoms. The first kappa shape index (κ1) is 24.6. The number of H-pyrrole nitrogens is 1. The Balaban J connectivity index is 1.51. The zero-order valence-electron chi connectivity index (χ0n) is 19.5. The van der Waals surface area contributed by atoms with E-state index in [0.29, 0.717) is 39.3 Å². The highest BCUT2D eigenvalue weighted by molar-refractivity contribution is 7.90. The number of halogens is 2. The second-order valence-corrected chi connectivity index (χ2v) is 11.9. The van der Waals surface area contributed by atoms with Crippen LogP contribution in [-0.4, -0.2) is 31.3 Å². The lowest BCUT2D eigenvalue weighted by Crippen LogP contribution is -2.26. The van der Waals surface area contributed by atoms with E-state index in [4.69, 9.17) is 23.2 Å². The Morgan fingerprint density at radius 3 is 2.50 bits per heavy atom. The molecule has 1 saturated carbocycles. The van der Waals surface area contributed by atoms with Crippen molar-refractivity contribution in [2.75, 3.05) is 5.32 Å². The second-order valence-electron chi connectivity index (χ2n) is 9.09. The molecule has 186 valence electrons. The van der Waals surface area contributed by atoms with Gasteiger partial charge in [-0.3, -0.25) is 9.59 Å². The smallest absolute Gasteiger partial charge is 0.256 e. The Morgan fingerprint density at radius 1 is 1.14 bits per heavy atom. The van der Waals surface area contributed by atoms with E-state index in [2.05, 4.69) is 15.6 Å². The van der Waals surface area contributed by atoms with Gasteiger partial charge in [0.1, 0.15) is 0 Å². The van der Waals surface area contributed by atoms with Crippen molar-refractivity contribution >= 4 is 62.2 Å². The Morgan fingerprint density at radius 2 is 1.83 bits per heavy atom. The number of carbonyl (C=O) groups is 2. The van der Waals surface area contributed by atoms with E-state index in [-0.39, 0.29) is 38.5 Å². The van der Waals surface area contributed by atoms with Crippen LogP contribution in [0.1, 0.15) is 51.3 Å². The minimum Gasteiger partial charge on any atom is -0.358 e. The first-order valence-corrected chi connectivity index (χ1v) is 13.8. The van der Waals surface area contributed by atoms with Crippen LogP contribution in [-0.2, 0) is 20.4 Å². The van der Waals surface area contributed by atoms with Crippen LogP contribution in [0.4, 0.5) is 5.69 Å². The van der Waals surface area contributed by atoms with Crippen molar-refractivity contribution in [2.45, 2.75) is 43.4 Å². The third-order valence-corrected chi connectivity index (χ3v) is 8.78. The van der Waals surface area contributed by atoms with Gasteiger partial charge in [-0.15, -0.1) is 0 Å². The normalized spacial score (nSPS) is 16.2. The molecule has 2 aliphatic rings. The van der Waals surface area contributed by atoms with Gasteiger partial charge in [0.05, 0.1) is 21.8 Å². The van der Waals surface area contributed by atoms with E-state index in [1.807, 2.05) is 13.8 Å². The standard InChI is InChI=1S/C26H23Cl2N3O4S/c1-13-23(29-14(2)24(13)26(33)30-15-6-7-15)11-18-17-10-16(8-9-22(17)31-25(18)32)36(34,35)12-19-20(27)4-3-5-21(19)28/h3-5,8-11,15,29H,6-7,12H2,1-2H3,(H,30,33)(H,31,32)/b18-11-. The fourth-order valence-corrected chi connectivity index (χ4v) is 6.46. The van der Waals surface area contributed by atoms with E-state index in [1.54, 1.807) is 30.3 Å². The molecule has 3 N–H and O–H groups in total. The number of rotatable bonds is 6. The number of fused-ring (bicyclic) bond motifs is 1. The fraction of sp³-hybridized carbons (Fsp3) is 0.231. The monoisotopic (exact) mass is 543 g/mol. The number of amides is 2. The third-order valence-electron chi connectivity index (χ3n) is 6.43. The minimum atomic E-state index is -3.82. The van der Waals surface area contributed by atoms with Gasteiger partial charge in [-0.2, -0.15) is 0 Å². The number of hydrogen-bond donors (Lipinski definition) is 3. The highest BCUT2D eigenvalue weighted by Gasteiger charge is 2.30. The van der Waals surface area contributed by atoms with E-state index >= 15 is 0 Å². The van der Waals surface area contributed by atoms with Crippen LogP contribution in [0.2, 0.25) is 10.0 Å². The summed E-state index contributed by atoms with van der Waals surface area (Å²) in [7, 11) is -3.82. The number of anilines is 1. The lowest BCUT2D eigenvalue weighted by molar-refractivity contribution is -0.110. The summed E-state index contributed by atoms with van der Waals surface area (Å²) in [4.78, 5) is 28.7. The summed E-state index contributed by atoms with van der Waals surface area (Å²) in [5.74, 6) is -0.875. The highest BCUT2D eigenvalue weighted by atomic mass is 35.5. The van der Waals surface area contributed by atoms with E-state index < -0.39 is 9.84 Å². The van der Waals surface area contributed by atoms with Gasteiger partial charge < -0.3 is 15.6 Å². The van der Waals surface area contributed by atoms with Crippen molar-refractivity contribution in [3.05, 3.63) is 80.1 Å². The van der Waals surface area contributed by atoms with Gasteiger partial charge in [0, 0.05) is 44.3 Å². The zero-order chi connectivity index (χ0) is 25.8. The fourth-order valence-electron chi connectivity index (χ4n) is 4.34. The van der Waals surface area contributed by atoms with Crippen LogP contribution in [0, 0.1) is 13.8 Å². The SMILES string of the molecule is Cc1[nH]c(/C=C2\C(=O)Nc3ccc(S(=O)(=O)Cc4c(Cl)cccc4Cl)cc32)c(C)c1C(=O)NC1CC1. The molecule has 0 radical (unpaired) electrons. The Bertz CT molecular complexity index is 1550. The van der Waals surface area contributed by atoms with Gasteiger partial charge in [-0.05, 0) is 68.7 Å². The molecule has 10 heteroatoms. The maximum absolute atomic E-state index is 13.2. The molecule has 1 fully saturated rings. The van der Waals surface area contributed by atoms with Crippen molar-refractivity contribution in [1.82, 2.24) is 10.3 Å². The number of benzene rings is 2. The van der Waals surface area contributed by atoms with Crippen LogP contribution >= 0.6 is 23.2 Å². The summed E-state index contributed by atoms with van der Waals surface area (Å²) in [6.45, 7) is 3.63. The number of carbonyl (C=O) groups excluding carboxylic acids is 2. The van der Waals surface area contributed by atoms with Gasteiger partial charge in [-0.25, -0.2) is 8.42 Å². The summed E-state index contributed by atoms with van der Waals surface area (Å²) in [6, 6.07) is 9.54. The van der Waals surface area contributed by atoms with Crippen LogP contribution in [0.15, 0.2) is 41.3 Å². The minimum absolute atomic E-state index is 0.0449. The predicted molar refractivity (Wildman–Crippen MR) is 141 cm³/mol. The molecular weight excluding hydrogens is 521 g/mol. The average Bonchev–Trinajstić information content (AvgIpc) is 3.50. The number of sulfone groups is 1. The Hall–Kier alpha value is -3.07. The molecule has 1 aliphatic heterocycles. The summed E-state index contributed by atoms with van der Waals surface area (Å²) in [5, 5.41) is 6.30. The summed E-state index contributed by atoms with van der Waals surface area (Å²) >= 11 is 12.4. The summed E-state index contributed by atoms with van der Waals surface area (Å²) in [5.41, 5.74) is 4.18. The second kappa shape index (κ2) is 9.10. The quantitative estimate of drug-likeness (QED) is 0.366. The van der Waals surface area contributed by atoms with Gasteiger partial charge >= 0.3 is 0 Å². The van der Waals surface area contributed by atoms with Crippen LogP contribution in [0.25, 0.3) is 11.6 Å². The van der Waals surface area contributed by atoms with E-state index in [9.17, 15) is 18.0 Å². The topological polar surface area (TPSA) is 108 Å². The molecule has 7 nitrogen and oxygen atoms in total. The van der Waals surface area contributed by atoms with Crippen molar-refractivity contribution in [3.8, 4) is 0 Å². The molecule has 2 heterocycles. The zero-order valence-corrected chi connectivity index (χ0v) is 21.9. The van der Waals surface area contributed by atoms with Crippen LogP contribution < -0.4 is 10.6 Å². The molecule has 0 spiro atoms. The molecule has 1 aliphatic carbocycles. The highest BCUT2D eigenvalue weighted by Crippen LogP contribution is 2.37. The Kier molecular flexibility index (Phi) is 6.22. The lowest BCUT2D eigenvalue weighted by atomic mass is 10.0. The van der Waals surface area contributed by atoms with Crippen LogP contribution in [0.5, 0.6) is 0 Å². The Labute approximate surface area is 218 Å². The van der Waals surface area contributed by atoms with Gasteiger partial charge in [0.15, 0.2) is 9.84 Å². The van der Waals surface area contributed by atoms with Crippen LogP contribution in [0.3, 0.4) is 0 Å². The average molecular weight is 544 g/mol. The molecular formula is C26H23Cl2N3O4S. The number of hydrogen-bond acceptors (Lipinski definition) is 4. The number of aromatic nitrogens is 1. The van der Waals surface area contributed by atoms with Gasteiger partial charge in [0.2, 0.25) is 0 Å². The first-order chi connectivity index (χ1) is 17.0. The molecule has 3 aromatic rings. The van der Waals surface area contributed by atoms with Gasteiger partial charge in [-0.1, -0.05) is 29.3 Å². The van der Waals surface area contributed by atoms with Crippen molar-refractivity contribution in [2.24, 2.45) is 0 Å². The summed E-state index contributed by atoms with van der Waals surface area (Å²) in [6.07, 6.45) is 3.62. The van der Waals surface area contributed by atoms with Crippen molar-refractivity contribution in [1.29, 1.82) is 0 Å². The molecule has 0 saturated heterocycles. The molecule has 2 aromatic carbocycles. The third kappa shape index (κ3) is 4.56. The van der Waals surface area contributed by atoms with E-state index in [0.717, 1.165) is 18.4 Å². The molecule has 0 atom stereocenters. The summed E-state index contributed by atoms with van der Waals surface area (Å²) < 4.78 is 26.5. The van der Waals surface area contributed by atoms with Crippen molar-refractivity contribution < 1.29 is 18.0 Å². The van der Waals surface area contributed by atoms with Crippen molar-refractivity contribution in [3.63, 3.8) is 0 Å². The first-order valence-electron chi connectivity index (χ1n) is 11.4. The number of aryl methyl sites for hydroxylation is 1. The molecule has 1 aromatic heterocycles. The largest absolute Gasteiger partial charge is 0.358 e. The van der Waals surface area contributed by atoms with E-state index in [1.165, 1.54) is 12.1 Å². The maximum atomic E-state index is 13.2. The van der Waals surface area contributed by atoms with Gasteiger partial charge in [0.25, 0.3) is 11.8 Å². The molecule has 36 heavy (non-hydrogen) atoms. The maximum Gasteiger partial charge on any atom is 0.256 e. The molecule has 5 rings (SSSR count). The predicted octanol–water partition coefficient (Wildman–Crippen LogP) is 5.30. The lowest BCUT2D eigenvalue weighted by Gasteiger charge is -2.10. The number of nitrogens with one attached hydrogen (secondary N) is 3. The molecule has 2 amide bonds.